The highest BCUT2D eigenvalue weighted by molar-refractivity contribution is 5.82. The molecule has 0 spiro atoms. The standard InChI is InChI=1S/C22H27N3O/c1-26-19-9-7-17(8-10-19)22(25-13-2-3-14-25)16-23-15-18-5-4-6-21-20(18)11-12-24-21/h4-12,22-24H,2-3,13-16H2,1H3. The quantitative estimate of drug-likeness (QED) is 0.674. The maximum absolute atomic E-state index is 5.31. The number of H-pyrrole nitrogens is 1. The molecule has 4 nitrogen and oxygen atoms in total. The van der Waals surface area contributed by atoms with Crippen LogP contribution in [-0.4, -0.2) is 36.6 Å². The first kappa shape index (κ1) is 17.1. The van der Waals surface area contributed by atoms with Gasteiger partial charge in [0.25, 0.3) is 0 Å². The molecule has 0 aliphatic carbocycles. The zero-order valence-electron chi connectivity index (χ0n) is 15.4. The van der Waals surface area contributed by atoms with Crippen molar-refractivity contribution in [1.82, 2.24) is 15.2 Å². The molecule has 136 valence electrons. The van der Waals surface area contributed by atoms with E-state index in [4.69, 9.17) is 4.74 Å². The number of likely N-dealkylation sites (tertiary alicyclic amines) is 1. The summed E-state index contributed by atoms with van der Waals surface area (Å²) in [6.45, 7) is 4.21. The Morgan fingerprint density at radius 1 is 1.08 bits per heavy atom. The molecular weight excluding hydrogens is 322 g/mol. The van der Waals surface area contributed by atoms with Crippen LogP contribution < -0.4 is 10.1 Å². The Hall–Kier alpha value is -2.30. The summed E-state index contributed by atoms with van der Waals surface area (Å²) >= 11 is 0. The van der Waals surface area contributed by atoms with Crippen molar-refractivity contribution in [3.05, 3.63) is 65.9 Å². The molecule has 1 saturated heterocycles. The van der Waals surface area contributed by atoms with Gasteiger partial charge in [-0.1, -0.05) is 24.3 Å². The number of nitrogens with zero attached hydrogens (tertiary/aromatic N) is 1. The van der Waals surface area contributed by atoms with Crippen molar-refractivity contribution in [3.63, 3.8) is 0 Å². The van der Waals surface area contributed by atoms with E-state index in [1.165, 1.54) is 48.0 Å². The van der Waals surface area contributed by atoms with E-state index in [1.54, 1.807) is 7.11 Å². The number of hydrogen-bond donors (Lipinski definition) is 2. The van der Waals surface area contributed by atoms with Crippen LogP contribution in [0.2, 0.25) is 0 Å². The minimum Gasteiger partial charge on any atom is -0.497 e. The minimum absolute atomic E-state index is 0.411. The fourth-order valence-electron chi connectivity index (χ4n) is 3.99. The van der Waals surface area contributed by atoms with Crippen LogP contribution in [-0.2, 0) is 6.54 Å². The van der Waals surface area contributed by atoms with Crippen molar-refractivity contribution in [2.75, 3.05) is 26.7 Å². The number of aromatic nitrogens is 1. The minimum atomic E-state index is 0.411. The topological polar surface area (TPSA) is 40.3 Å². The highest BCUT2D eigenvalue weighted by Gasteiger charge is 2.23. The molecule has 0 bridgehead atoms. The SMILES string of the molecule is COc1ccc(C(CNCc2cccc3[nH]ccc23)N2CCCC2)cc1. The lowest BCUT2D eigenvalue weighted by Crippen LogP contribution is -2.34. The number of fused-ring (bicyclic) bond motifs is 1. The first-order valence-corrected chi connectivity index (χ1v) is 9.49. The highest BCUT2D eigenvalue weighted by atomic mass is 16.5. The number of rotatable bonds is 7. The Bertz CT molecular complexity index is 834. The molecule has 26 heavy (non-hydrogen) atoms. The van der Waals surface area contributed by atoms with Gasteiger partial charge in [-0.25, -0.2) is 0 Å². The number of ether oxygens (including phenoxy) is 1. The number of hydrogen-bond acceptors (Lipinski definition) is 3. The summed E-state index contributed by atoms with van der Waals surface area (Å²) in [6.07, 6.45) is 4.61. The largest absolute Gasteiger partial charge is 0.497 e. The monoisotopic (exact) mass is 349 g/mol. The van der Waals surface area contributed by atoms with Gasteiger partial charge < -0.3 is 15.0 Å². The van der Waals surface area contributed by atoms with Crippen LogP contribution in [0.3, 0.4) is 0 Å². The summed E-state index contributed by atoms with van der Waals surface area (Å²) in [5.41, 5.74) is 3.91. The number of aromatic amines is 1. The average molecular weight is 349 g/mol. The second kappa shape index (κ2) is 7.94. The van der Waals surface area contributed by atoms with Crippen molar-refractivity contribution in [2.24, 2.45) is 0 Å². The van der Waals surface area contributed by atoms with Crippen LogP contribution in [0.15, 0.2) is 54.7 Å². The Labute approximate surface area is 155 Å². The molecule has 3 aromatic rings. The normalized spacial score (nSPS) is 16.2. The van der Waals surface area contributed by atoms with E-state index in [0.717, 1.165) is 18.8 Å². The van der Waals surface area contributed by atoms with Crippen LogP contribution >= 0.6 is 0 Å². The number of benzene rings is 2. The van der Waals surface area contributed by atoms with Crippen molar-refractivity contribution in [2.45, 2.75) is 25.4 Å². The molecule has 2 N–H and O–H groups in total. The van der Waals surface area contributed by atoms with Crippen molar-refractivity contribution >= 4 is 10.9 Å². The van der Waals surface area contributed by atoms with Crippen LogP contribution in [0.5, 0.6) is 5.75 Å². The molecule has 0 amide bonds. The van der Waals surface area contributed by atoms with Gasteiger partial charge in [0.2, 0.25) is 0 Å². The van der Waals surface area contributed by atoms with Gasteiger partial charge >= 0.3 is 0 Å². The summed E-state index contributed by atoms with van der Waals surface area (Å²) < 4.78 is 5.31. The second-order valence-corrected chi connectivity index (χ2v) is 7.02. The van der Waals surface area contributed by atoms with Crippen LogP contribution in [0.1, 0.15) is 30.0 Å². The van der Waals surface area contributed by atoms with Gasteiger partial charge in [-0.05, 0) is 61.3 Å². The lowest BCUT2D eigenvalue weighted by atomic mass is 10.0. The second-order valence-electron chi connectivity index (χ2n) is 7.02. The van der Waals surface area contributed by atoms with E-state index in [9.17, 15) is 0 Å². The van der Waals surface area contributed by atoms with Gasteiger partial charge in [0.1, 0.15) is 5.75 Å². The Balaban J connectivity index is 1.46. The maximum Gasteiger partial charge on any atom is 0.118 e. The molecule has 1 atom stereocenters. The zero-order chi connectivity index (χ0) is 17.8. The number of methoxy groups -OCH3 is 1. The Kier molecular flexibility index (Phi) is 5.23. The predicted molar refractivity (Wildman–Crippen MR) is 107 cm³/mol. The summed E-state index contributed by atoms with van der Waals surface area (Å²) in [5, 5.41) is 5.01. The van der Waals surface area contributed by atoms with E-state index < -0.39 is 0 Å². The fraction of sp³-hybridized carbons (Fsp3) is 0.364. The molecule has 2 heterocycles. The molecule has 2 aromatic carbocycles. The Morgan fingerprint density at radius 3 is 2.65 bits per heavy atom. The molecule has 4 rings (SSSR count). The van der Waals surface area contributed by atoms with E-state index in [1.807, 2.05) is 6.20 Å². The lowest BCUT2D eigenvalue weighted by molar-refractivity contribution is 0.238. The number of nitrogens with one attached hydrogen (secondary N) is 2. The van der Waals surface area contributed by atoms with Crippen LogP contribution in [0.4, 0.5) is 0 Å². The molecule has 0 saturated carbocycles. The van der Waals surface area contributed by atoms with Crippen molar-refractivity contribution in [1.29, 1.82) is 0 Å². The smallest absolute Gasteiger partial charge is 0.118 e. The first-order valence-electron chi connectivity index (χ1n) is 9.49. The van der Waals surface area contributed by atoms with Gasteiger partial charge in [0.15, 0.2) is 0 Å². The van der Waals surface area contributed by atoms with Gasteiger partial charge in [0.05, 0.1) is 7.11 Å². The van der Waals surface area contributed by atoms with Crippen molar-refractivity contribution in [3.8, 4) is 5.75 Å². The molecule has 1 aliphatic heterocycles. The van der Waals surface area contributed by atoms with E-state index in [-0.39, 0.29) is 0 Å². The predicted octanol–water partition coefficient (Wildman–Crippen LogP) is 4.10. The third-order valence-electron chi connectivity index (χ3n) is 5.42. The zero-order valence-corrected chi connectivity index (χ0v) is 15.4. The molecule has 1 fully saturated rings. The maximum atomic E-state index is 5.31. The van der Waals surface area contributed by atoms with E-state index in [0.29, 0.717) is 6.04 Å². The lowest BCUT2D eigenvalue weighted by Gasteiger charge is -2.28. The van der Waals surface area contributed by atoms with E-state index in [2.05, 4.69) is 63.7 Å². The molecule has 1 aromatic heterocycles. The fourth-order valence-corrected chi connectivity index (χ4v) is 3.99. The van der Waals surface area contributed by atoms with Crippen LogP contribution in [0.25, 0.3) is 10.9 Å². The highest BCUT2D eigenvalue weighted by Crippen LogP contribution is 2.26. The first-order chi connectivity index (χ1) is 12.8. The third-order valence-corrected chi connectivity index (χ3v) is 5.42. The van der Waals surface area contributed by atoms with Crippen molar-refractivity contribution < 1.29 is 4.74 Å². The third kappa shape index (κ3) is 3.62. The Morgan fingerprint density at radius 2 is 1.88 bits per heavy atom. The molecule has 0 radical (unpaired) electrons. The molecule has 4 heteroatoms. The summed E-state index contributed by atoms with van der Waals surface area (Å²) in [6, 6.07) is 17.6. The molecule has 1 unspecified atom stereocenters. The summed E-state index contributed by atoms with van der Waals surface area (Å²) in [4.78, 5) is 5.90. The van der Waals surface area contributed by atoms with Gasteiger partial charge in [-0.3, -0.25) is 4.90 Å². The molecule has 1 aliphatic rings. The summed E-state index contributed by atoms with van der Waals surface area (Å²) in [5.74, 6) is 0.918. The van der Waals surface area contributed by atoms with Gasteiger partial charge in [-0.2, -0.15) is 0 Å². The molecular formula is C22H27N3O. The van der Waals surface area contributed by atoms with Gasteiger partial charge in [0, 0.05) is 36.2 Å². The average Bonchev–Trinajstić information content (AvgIpc) is 3.37. The van der Waals surface area contributed by atoms with E-state index >= 15 is 0 Å². The van der Waals surface area contributed by atoms with Crippen LogP contribution in [0, 0.1) is 0 Å². The van der Waals surface area contributed by atoms with Gasteiger partial charge in [-0.15, -0.1) is 0 Å². The summed E-state index contributed by atoms with van der Waals surface area (Å²) in [7, 11) is 1.72.